The van der Waals surface area contributed by atoms with E-state index in [4.69, 9.17) is 0 Å². The Morgan fingerprint density at radius 2 is 2.07 bits per heavy atom. The Balaban J connectivity index is 0.00000364. The fraction of sp³-hybridized carbons (Fsp3) is 0.684. The van der Waals surface area contributed by atoms with Crippen molar-refractivity contribution < 1.29 is 4.79 Å². The molecule has 2 heterocycles. The van der Waals surface area contributed by atoms with Crippen molar-refractivity contribution in [1.82, 2.24) is 20.4 Å². The Labute approximate surface area is 184 Å². The van der Waals surface area contributed by atoms with E-state index in [-0.39, 0.29) is 29.9 Å². The van der Waals surface area contributed by atoms with Crippen LogP contribution in [0.2, 0.25) is 0 Å². The van der Waals surface area contributed by atoms with Crippen LogP contribution in [-0.2, 0) is 4.79 Å². The van der Waals surface area contributed by atoms with Gasteiger partial charge in [0.2, 0.25) is 5.91 Å². The van der Waals surface area contributed by atoms with E-state index in [9.17, 15) is 4.79 Å². The molecule has 1 fully saturated rings. The fourth-order valence-electron chi connectivity index (χ4n) is 3.16. The predicted octanol–water partition coefficient (Wildman–Crippen LogP) is 2.78. The average molecular weight is 507 g/mol. The molecular formula is C19H34IN5OS. The molecule has 1 saturated heterocycles. The standard InChI is InChI=1S/C19H33N5OS.HI/c1-15-8-11-24(12-9-15)16(17-6-5-13-26-17)14-22-19(20-2)21-10-7-18(25)23(3)4;/h5-6,13,15-16H,7-12,14H2,1-4H3,(H2,20,21,22);1H. The number of amides is 1. The van der Waals surface area contributed by atoms with Crippen LogP contribution in [0.25, 0.3) is 0 Å². The molecule has 0 aliphatic carbocycles. The summed E-state index contributed by atoms with van der Waals surface area (Å²) in [5.74, 6) is 1.70. The molecule has 1 aliphatic heterocycles. The van der Waals surface area contributed by atoms with Crippen molar-refractivity contribution in [1.29, 1.82) is 0 Å². The van der Waals surface area contributed by atoms with Gasteiger partial charge in [-0.1, -0.05) is 13.0 Å². The van der Waals surface area contributed by atoms with Crippen molar-refractivity contribution in [3.8, 4) is 0 Å². The van der Waals surface area contributed by atoms with E-state index in [1.54, 1.807) is 26.0 Å². The molecule has 2 N–H and O–H groups in total. The highest BCUT2D eigenvalue weighted by atomic mass is 127. The van der Waals surface area contributed by atoms with E-state index in [0.29, 0.717) is 19.0 Å². The molecule has 1 aromatic heterocycles. The van der Waals surface area contributed by atoms with Gasteiger partial charge >= 0.3 is 0 Å². The summed E-state index contributed by atoms with van der Waals surface area (Å²) in [6, 6.07) is 4.71. The molecule has 27 heavy (non-hydrogen) atoms. The monoisotopic (exact) mass is 507 g/mol. The second-order valence-corrected chi connectivity index (χ2v) is 8.15. The zero-order chi connectivity index (χ0) is 18.9. The summed E-state index contributed by atoms with van der Waals surface area (Å²) in [6.45, 7) is 6.04. The predicted molar refractivity (Wildman–Crippen MR) is 125 cm³/mol. The molecule has 0 bridgehead atoms. The number of hydrogen-bond donors (Lipinski definition) is 2. The molecule has 8 heteroatoms. The van der Waals surface area contributed by atoms with Gasteiger partial charge in [0.05, 0.1) is 6.04 Å². The first-order valence-corrected chi connectivity index (χ1v) is 10.3. The number of nitrogens with one attached hydrogen (secondary N) is 2. The smallest absolute Gasteiger partial charge is 0.223 e. The van der Waals surface area contributed by atoms with Gasteiger partial charge in [-0.2, -0.15) is 0 Å². The molecule has 0 saturated carbocycles. The maximum atomic E-state index is 11.7. The minimum atomic E-state index is 0. The molecule has 1 atom stereocenters. The Hall–Kier alpha value is -0.870. The number of thiophene rings is 1. The summed E-state index contributed by atoms with van der Waals surface area (Å²) in [5.41, 5.74) is 0. The molecule has 1 aliphatic rings. The van der Waals surface area contributed by atoms with Gasteiger partial charge < -0.3 is 15.5 Å². The summed E-state index contributed by atoms with van der Waals surface area (Å²) in [6.07, 6.45) is 3.00. The molecule has 0 aromatic carbocycles. The zero-order valence-corrected chi connectivity index (χ0v) is 20.0. The summed E-state index contributed by atoms with van der Waals surface area (Å²) in [5, 5.41) is 8.84. The molecule has 2 rings (SSSR count). The molecule has 1 unspecified atom stereocenters. The van der Waals surface area contributed by atoms with Crippen LogP contribution in [0.3, 0.4) is 0 Å². The maximum absolute atomic E-state index is 11.7. The number of guanidine groups is 1. The van der Waals surface area contributed by atoms with Crippen LogP contribution in [0.1, 0.15) is 37.1 Å². The van der Waals surface area contributed by atoms with Gasteiger partial charge in [0.25, 0.3) is 0 Å². The second-order valence-electron chi connectivity index (χ2n) is 7.17. The lowest BCUT2D eigenvalue weighted by Crippen LogP contribution is -2.45. The largest absolute Gasteiger partial charge is 0.356 e. The highest BCUT2D eigenvalue weighted by molar-refractivity contribution is 14.0. The van der Waals surface area contributed by atoms with Gasteiger partial charge in [-0.3, -0.25) is 14.7 Å². The normalized spacial score (nSPS) is 17.1. The summed E-state index contributed by atoms with van der Waals surface area (Å²) >= 11 is 1.82. The number of carbonyl (C=O) groups is 1. The second kappa shape index (κ2) is 12.6. The number of rotatable bonds is 7. The third-order valence-corrected chi connectivity index (χ3v) is 5.92. The van der Waals surface area contributed by atoms with Crippen LogP contribution >= 0.6 is 35.3 Å². The summed E-state index contributed by atoms with van der Waals surface area (Å²) in [4.78, 5) is 21.6. The van der Waals surface area contributed by atoms with Crippen LogP contribution in [0.5, 0.6) is 0 Å². The molecular weight excluding hydrogens is 473 g/mol. The van der Waals surface area contributed by atoms with Crippen LogP contribution in [0.15, 0.2) is 22.5 Å². The number of carbonyl (C=O) groups excluding carboxylic acids is 1. The fourth-order valence-corrected chi connectivity index (χ4v) is 4.02. The van der Waals surface area contributed by atoms with Gasteiger partial charge in [0.15, 0.2) is 5.96 Å². The van der Waals surface area contributed by atoms with Crippen LogP contribution in [-0.4, -0.2) is 69.0 Å². The number of hydrogen-bond acceptors (Lipinski definition) is 4. The molecule has 154 valence electrons. The number of halogens is 1. The lowest BCUT2D eigenvalue weighted by molar-refractivity contribution is -0.128. The lowest BCUT2D eigenvalue weighted by Gasteiger charge is -2.36. The van der Waals surface area contributed by atoms with Crippen LogP contribution < -0.4 is 10.6 Å². The first kappa shape index (κ1) is 24.2. The summed E-state index contributed by atoms with van der Waals surface area (Å²) < 4.78 is 0. The molecule has 6 nitrogen and oxygen atoms in total. The maximum Gasteiger partial charge on any atom is 0.223 e. The van der Waals surface area contributed by atoms with E-state index in [2.05, 4.69) is 45.0 Å². The van der Waals surface area contributed by atoms with E-state index in [1.807, 2.05) is 11.3 Å². The van der Waals surface area contributed by atoms with Gasteiger partial charge in [0, 0.05) is 45.5 Å². The highest BCUT2D eigenvalue weighted by Gasteiger charge is 2.25. The third kappa shape index (κ3) is 7.95. The Morgan fingerprint density at radius 1 is 1.37 bits per heavy atom. The highest BCUT2D eigenvalue weighted by Crippen LogP contribution is 2.28. The number of piperidine rings is 1. The van der Waals surface area contributed by atoms with Crippen molar-refractivity contribution in [3.05, 3.63) is 22.4 Å². The molecule has 1 aromatic rings. The Bertz CT molecular complexity index is 571. The van der Waals surface area contributed by atoms with E-state index >= 15 is 0 Å². The molecule has 1 amide bonds. The molecule has 0 spiro atoms. The summed E-state index contributed by atoms with van der Waals surface area (Å²) in [7, 11) is 5.33. The van der Waals surface area contributed by atoms with Crippen molar-refractivity contribution >= 4 is 47.2 Å². The van der Waals surface area contributed by atoms with Gasteiger partial charge in [0.1, 0.15) is 0 Å². The van der Waals surface area contributed by atoms with Gasteiger partial charge in [-0.05, 0) is 43.3 Å². The van der Waals surface area contributed by atoms with Crippen LogP contribution in [0.4, 0.5) is 0 Å². The zero-order valence-electron chi connectivity index (χ0n) is 16.9. The topological polar surface area (TPSA) is 60.0 Å². The van der Waals surface area contributed by atoms with Gasteiger partial charge in [-0.15, -0.1) is 35.3 Å². The van der Waals surface area contributed by atoms with Crippen LogP contribution in [0, 0.1) is 5.92 Å². The SMILES string of the molecule is CN=C(NCCC(=O)N(C)C)NCC(c1cccs1)N1CCC(C)CC1.I. The minimum Gasteiger partial charge on any atom is -0.356 e. The van der Waals surface area contributed by atoms with Crippen molar-refractivity contribution in [2.75, 3.05) is 47.3 Å². The third-order valence-electron chi connectivity index (χ3n) is 4.95. The Morgan fingerprint density at radius 3 is 2.63 bits per heavy atom. The first-order chi connectivity index (χ1) is 12.5. The van der Waals surface area contributed by atoms with E-state index in [0.717, 1.165) is 31.5 Å². The quantitative estimate of drug-likeness (QED) is 0.339. The van der Waals surface area contributed by atoms with E-state index in [1.165, 1.54) is 17.7 Å². The lowest BCUT2D eigenvalue weighted by atomic mass is 9.97. The van der Waals surface area contributed by atoms with Crippen molar-refractivity contribution in [2.24, 2.45) is 10.9 Å². The van der Waals surface area contributed by atoms with Gasteiger partial charge in [-0.25, -0.2) is 0 Å². The van der Waals surface area contributed by atoms with Crippen molar-refractivity contribution in [3.63, 3.8) is 0 Å². The number of likely N-dealkylation sites (tertiary alicyclic amines) is 1. The first-order valence-electron chi connectivity index (χ1n) is 9.43. The van der Waals surface area contributed by atoms with E-state index < -0.39 is 0 Å². The molecule has 0 radical (unpaired) electrons. The average Bonchev–Trinajstić information content (AvgIpc) is 3.15. The van der Waals surface area contributed by atoms with Crippen molar-refractivity contribution in [2.45, 2.75) is 32.2 Å². The number of aliphatic imine (C=N–C) groups is 1. The number of nitrogens with zero attached hydrogens (tertiary/aromatic N) is 3. The minimum absolute atomic E-state index is 0. The Kier molecular flexibility index (Phi) is 11.2.